The summed E-state index contributed by atoms with van der Waals surface area (Å²) in [5, 5.41) is 2.70. The molecule has 2 amide bonds. The summed E-state index contributed by atoms with van der Waals surface area (Å²) >= 11 is 6.12. The lowest BCUT2D eigenvalue weighted by molar-refractivity contribution is -0.119. The first-order valence-electron chi connectivity index (χ1n) is 7.46. The number of anilines is 1. The summed E-state index contributed by atoms with van der Waals surface area (Å²) in [5.74, 6) is -1.21. The SMILES string of the molecule is CC1CS(=O)(=O)N(c2ccc(C(=O)NCc3ccco3)c(Cl)c2)C1=O. The highest BCUT2D eigenvalue weighted by molar-refractivity contribution is 7.94. The Balaban J connectivity index is 1.81. The van der Waals surface area contributed by atoms with E-state index in [2.05, 4.69) is 5.32 Å². The van der Waals surface area contributed by atoms with Gasteiger partial charge in [0.05, 0.1) is 40.8 Å². The molecule has 25 heavy (non-hydrogen) atoms. The van der Waals surface area contributed by atoms with E-state index in [1.807, 2.05) is 0 Å². The van der Waals surface area contributed by atoms with Gasteiger partial charge in [0.2, 0.25) is 15.9 Å². The van der Waals surface area contributed by atoms with Crippen molar-refractivity contribution in [3.8, 4) is 0 Å². The Morgan fingerprint density at radius 3 is 2.72 bits per heavy atom. The molecule has 1 aliphatic heterocycles. The van der Waals surface area contributed by atoms with Crippen molar-refractivity contribution in [1.82, 2.24) is 5.32 Å². The fourth-order valence-corrected chi connectivity index (χ4v) is 4.65. The van der Waals surface area contributed by atoms with Gasteiger partial charge in [-0.2, -0.15) is 0 Å². The van der Waals surface area contributed by atoms with Crippen molar-refractivity contribution in [2.24, 2.45) is 5.92 Å². The molecule has 9 heteroatoms. The Morgan fingerprint density at radius 1 is 1.40 bits per heavy atom. The van der Waals surface area contributed by atoms with Crippen LogP contribution in [-0.4, -0.2) is 26.0 Å². The molecule has 1 fully saturated rings. The number of rotatable bonds is 4. The smallest absolute Gasteiger partial charge is 0.253 e. The molecular weight excluding hydrogens is 368 g/mol. The third kappa shape index (κ3) is 3.40. The van der Waals surface area contributed by atoms with Crippen molar-refractivity contribution >= 4 is 39.1 Å². The number of hydrogen-bond acceptors (Lipinski definition) is 5. The van der Waals surface area contributed by atoms with E-state index in [1.165, 1.54) is 24.5 Å². The lowest BCUT2D eigenvalue weighted by Gasteiger charge is -2.16. The first-order valence-corrected chi connectivity index (χ1v) is 9.45. The summed E-state index contributed by atoms with van der Waals surface area (Å²) < 4.78 is 30.1. The van der Waals surface area contributed by atoms with Crippen LogP contribution in [0.3, 0.4) is 0 Å². The predicted octanol–water partition coefficient (Wildman–Crippen LogP) is 2.18. The highest BCUT2D eigenvalue weighted by Crippen LogP contribution is 2.31. The van der Waals surface area contributed by atoms with E-state index < -0.39 is 27.8 Å². The van der Waals surface area contributed by atoms with E-state index in [4.69, 9.17) is 16.0 Å². The van der Waals surface area contributed by atoms with Crippen molar-refractivity contribution in [3.63, 3.8) is 0 Å². The van der Waals surface area contributed by atoms with Crippen LogP contribution < -0.4 is 9.62 Å². The molecule has 1 unspecified atom stereocenters. The third-order valence-corrected chi connectivity index (χ3v) is 5.98. The summed E-state index contributed by atoms with van der Waals surface area (Å²) in [7, 11) is -3.72. The molecule has 1 aromatic carbocycles. The Labute approximate surface area is 149 Å². The van der Waals surface area contributed by atoms with Gasteiger partial charge in [-0.15, -0.1) is 0 Å². The summed E-state index contributed by atoms with van der Waals surface area (Å²) in [6.07, 6.45) is 1.50. The van der Waals surface area contributed by atoms with E-state index in [1.54, 1.807) is 19.1 Å². The molecule has 1 N–H and O–H groups in total. The first kappa shape index (κ1) is 17.5. The van der Waals surface area contributed by atoms with Gasteiger partial charge in [-0.1, -0.05) is 18.5 Å². The molecule has 0 bridgehead atoms. The maximum absolute atomic E-state index is 12.2. The Bertz CT molecular complexity index is 924. The fourth-order valence-electron chi connectivity index (χ4n) is 2.58. The third-order valence-electron chi connectivity index (χ3n) is 3.80. The van der Waals surface area contributed by atoms with Crippen molar-refractivity contribution in [2.75, 3.05) is 10.1 Å². The van der Waals surface area contributed by atoms with Crippen molar-refractivity contribution in [1.29, 1.82) is 0 Å². The zero-order valence-electron chi connectivity index (χ0n) is 13.2. The normalized spacial score (nSPS) is 19.2. The van der Waals surface area contributed by atoms with Crippen LogP contribution in [0.2, 0.25) is 5.02 Å². The van der Waals surface area contributed by atoms with Gasteiger partial charge in [-0.05, 0) is 30.3 Å². The van der Waals surface area contributed by atoms with Crippen LogP contribution in [0.5, 0.6) is 0 Å². The maximum atomic E-state index is 12.2. The van der Waals surface area contributed by atoms with Crippen LogP contribution in [0.25, 0.3) is 0 Å². The second kappa shape index (κ2) is 6.53. The molecule has 1 aromatic heterocycles. The molecule has 1 atom stereocenters. The van der Waals surface area contributed by atoms with E-state index >= 15 is 0 Å². The van der Waals surface area contributed by atoms with E-state index in [0.717, 1.165) is 4.31 Å². The minimum absolute atomic E-state index is 0.0528. The molecule has 2 heterocycles. The summed E-state index contributed by atoms with van der Waals surface area (Å²) in [6.45, 7) is 1.75. The number of furan rings is 1. The highest BCUT2D eigenvalue weighted by atomic mass is 35.5. The minimum Gasteiger partial charge on any atom is -0.467 e. The number of nitrogens with one attached hydrogen (secondary N) is 1. The molecule has 1 aliphatic rings. The minimum atomic E-state index is -3.72. The molecular formula is C16H15ClN2O5S. The lowest BCUT2D eigenvalue weighted by atomic mass is 10.1. The van der Waals surface area contributed by atoms with Crippen LogP contribution in [-0.2, 0) is 21.4 Å². The zero-order valence-corrected chi connectivity index (χ0v) is 14.8. The lowest BCUT2D eigenvalue weighted by Crippen LogP contribution is -2.30. The second-order valence-corrected chi connectivity index (χ2v) is 7.98. The van der Waals surface area contributed by atoms with Gasteiger partial charge in [0.1, 0.15) is 5.76 Å². The van der Waals surface area contributed by atoms with Crippen molar-refractivity contribution in [2.45, 2.75) is 13.5 Å². The molecule has 7 nitrogen and oxygen atoms in total. The molecule has 0 radical (unpaired) electrons. The van der Waals surface area contributed by atoms with Crippen LogP contribution in [0, 0.1) is 5.92 Å². The number of nitrogens with zero attached hydrogens (tertiary/aromatic N) is 1. The maximum Gasteiger partial charge on any atom is 0.253 e. The molecule has 1 saturated heterocycles. The Hall–Kier alpha value is -2.32. The average molecular weight is 383 g/mol. The number of carbonyl (C=O) groups excluding carboxylic acids is 2. The number of carbonyl (C=O) groups is 2. The monoisotopic (exact) mass is 382 g/mol. The summed E-state index contributed by atoms with van der Waals surface area (Å²) in [6, 6.07) is 7.51. The Morgan fingerprint density at radius 2 is 2.16 bits per heavy atom. The fraction of sp³-hybridized carbons (Fsp3) is 0.250. The van der Waals surface area contributed by atoms with Gasteiger partial charge in [0.25, 0.3) is 5.91 Å². The summed E-state index contributed by atoms with van der Waals surface area (Å²) in [4.78, 5) is 24.3. The van der Waals surface area contributed by atoms with Gasteiger partial charge in [-0.3, -0.25) is 9.59 Å². The van der Waals surface area contributed by atoms with Gasteiger partial charge in [-0.25, -0.2) is 12.7 Å². The number of halogens is 1. The predicted molar refractivity (Wildman–Crippen MR) is 91.8 cm³/mol. The average Bonchev–Trinajstić information content (AvgIpc) is 3.11. The highest BCUT2D eigenvalue weighted by Gasteiger charge is 2.42. The number of amides is 2. The van der Waals surface area contributed by atoms with E-state index in [-0.39, 0.29) is 28.6 Å². The molecule has 3 rings (SSSR count). The first-order chi connectivity index (χ1) is 11.8. The standard InChI is InChI=1S/C16H15ClN2O5S/c1-10-9-25(22,23)19(16(10)21)11-4-5-13(14(17)7-11)15(20)18-8-12-3-2-6-24-12/h2-7,10H,8-9H2,1H3,(H,18,20). The van der Waals surface area contributed by atoms with Gasteiger partial charge in [0, 0.05) is 0 Å². The van der Waals surface area contributed by atoms with Crippen molar-refractivity contribution in [3.05, 3.63) is 52.9 Å². The topological polar surface area (TPSA) is 96.7 Å². The number of hydrogen-bond donors (Lipinski definition) is 1. The summed E-state index contributed by atoms with van der Waals surface area (Å²) in [5.41, 5.74) is 0.302. The van der Waals surface area contributed by atoms with Crippen molar-refractivity contribution < 1.29 is 22.4 Å². The van der Waals surface area contributed by atoms with Crippen LogP contribution in [0.1, 0.15) is 23.0 Å². The molecule has 0 spiro atoms. The van der Waals surface area contributed by atoms with Gasteiger partial charge >= 0.3 is 0 Å². The molecule has 0 aliphatic carbocycles. The number of benzene rings is 1. The zero-order chi connectivity index (χ0) is 18.2. The quantitative estimate of drug-likeness (QED) is 0.874. The largest absolute Gasteiger partial charge is 0.467 e. The Kier molecular flexibility index (Phi) is 4.57. The molecule has 0 saturated carbocycles. The second-order valence-electron chi connectivity index (χ2n) is 5.71. The van der Waals surface area contributed by atoms with Crippen LogP contribution in [0.4, 0.5) is 5.69 Å². The molecule has 2 aromatic rings. The van der Waals surface area contributed by atoms with Gasteiger partial charge in [0.15, 0.2) is 0 Å². The number of sulfonamides is 1. The van der Waals surface area contributed by atoms with Crippen LogP contribution in [0.15, 0.2) is 41.0 Å². The molecule has 132 valence electrons. The van der Waals surface area contributed by atoms with Gasteiger partial charge < -0.3 is 9.73 Å². The van der Waals surface area contributed by atoms with E-state index in [0.29, 0.717) is 5.76 Å². The van der Waals surface area contributed by atoms with Crippen LogP contribution >= 0.6 is 11.6 Å². The van der Waals surface area contributed by atoms with E-state index in [9.17, 15) is 18.0 Å².